The van der Waals surface area contributed by atoms with Crippen molar-refractivity contribution in [3.05, 3.63) is 5.01 Å². The zero-order valence-electron chi connectivity index (χ0n) is 10.3. The maximum absolute atomic E-state index is 5.55. The number of nitrogens with zero attached hydrogens (tertiary/aromatic N) is 3. The molecule has 17 heavy (non-hydrogen) atoms. The summed E-state index contributed by atoms with van der Waals surface area (Å²) in [5.74, 6) is 0. The topological polar surface area (TPSA) is 38.2 Å². The van der Waals surface area contributed by atoms with Crippen molar-refractivity contribution in [2.45, 2.75) is 32.6 Å². The Bertz CT molecular complexity index is 387. The highest BCUT2D eigenvalue weighted by atomic mass is 32.1. The van der Waals surface area contributed by atoms with E-state index < -0.39 is 0 Å². The van der Waals surface area contributed by atoms with Gasteiger partial charge in [-0.3, -0.25) is 0 Å². The summed E-state index contributed by atoms with van der Waals surface area (Å²) in [6, 6.07) is 0. The first-order chi connectivity index (χ1) is 8.31. The van der Waals surface area contributed by atoms with Gasteiger partial charge in [0.2, 0.25) is 5.13 Å². The van der Waals surface area contributed by atoms with Crippen molar-refractivity contribution in [2.75, 3.05) is 31.2 Å². The fourth-order valence-corrected chi connectivity index (χ4v) is 3.72. The van der Waals surface area contributed by atoms with Crippen LogP contribution in [0.1, 0.15) is 31.2 Å². The van der Waals surface area contributed by atoms with Crippen LogP contribution in [0.2, 0.25) is 0 Å². The first-order valence-corrected chi connectivity index (χ1v) is 7.28. The highest BCUT2D eigenvalue weighted by molar-refractivity contribution is 7.15. The van der Waals surface area contributed by atoms with Crippen LogP contribution in [0.25, 0.3) is 0 Å². The van der Waals surface area contributed by atoms with Gasteiger partial charge in [0.15, 0.2) is 0 Å². The van der Waals surface area contributed by atoms with E-state index in [9.17, 15) is 0 Å². The van der Waals surface area contributed by atoms with Gasteiger partial charge < -0.3 is 9.64 Å². The molecule has 0 unspecified atom stereocenters. The molecule has 3 rings (SSSR count). The van der Waals surface area contributed by atoms with E-state index in [4.69, 9.17) is 4.74 Å². The lowest BCUT2D eigenvalue weighted by atomic mass is 9.87. The maximum Gasteiger partial charge on any atom is 0.208 e. The molecule has 2 fully saturated rings. The average Bonchev–Trinajstić information content (AvgIpc) is 3.03. The van der Waals surface area contributed by atoms with E-state index in [0.717, 1.165) is 44.3 Å². The molecule has 0 aromatic carbocycles. The summed E-state index contributed by atoms with van der Waals surface area (Å²) in [5, 5.41) is 10.9. The molecular weight excluding hydrogens is 234 g/mol. The predicted molar refractivity (Wildman–Crippen MR) is 68.6 cm³/mol. The molecule has 0 amide bonds. The summed E-state index contributed by atoms with van der Waals surface area (Å²) >= 11 is 1.76. The number of aryl methyl sites for hydroxylation is 1. The Morgan fingerprint density at radius 3 is 3.12 bits per heavy atom. The molecule has 2 saturated heterocycles. The highest BCUT2D eigenvalue weighted by Crippen LogP contribution is 2.40. The summed E-state index contributed by atoms with van der Waals surface area (Å²) in [6.45, 7) is 6.27. The Kier molecular flexibility index (Phi) is 3.04. The zero-order valence-corrected chi connectivity index (χ0v) is 11.1. The standard InChI is InChI=1S/C12H19N3OS/c1-2-3-10-13-14-11(17-10)15-6-4-12(8-15)5-7-16-9-12/h2-9H2,1H3/t12-/m0/s1. The third-order valence-electron chi connectivity index (χ3n) is 3.81. The Morgan fingerprint density at radius 2 is 2.35 bits per heavy atom. The van der Waals surface area contributed by atoms with E-state index in [-0.39, 0.29) is 0 Å². The third kappa shape index (κ3) is 2.18. The molecule has 0 aliphatic carbocycles. The van der Waals surface area contributed by atoms with Crippen molar-refractivity contribution in [1.82, 2.24) is 10.2 Å². The highest BCUT2D eigenvalue weighted by Gasteiger charge is 2.42. The SMILES string of the molecule is CCCc1nnc(N2CC[C@]3(CCOC3)C2)s1. The largest absolute Gasteiger partial charge is 0.381 e. The smallest absolute Gasteiger partial charge is 0.208 e. The summed E-state index contributed by atoms with van der Waals surface area (Å²) in [5.41, 5.74) is 0.413. The van der Waals surface area contributed by atoms with Crippen LogP contribution in [0.4, 0.5) is 5.13 Å². The van der Waals surface area contributed by atoms with Gasteiger partial charge in [0.1, 0.15) is 5.01 Å². The average molecular weight is 253 g/mol. The lowest BCUT2D eigenvalue weighted by Gasteiger charge is -2.21. The van der Waals surface area contributed by atoms with Gasteiger partial charge in [-0.1, -0.05) is 18.3 Å². The summed E-state index contributed by atoms with van der Waals surface area (Å²) < 4.78 is 5.55. The van der Waals surface area contributed by atoms with E-state index in [1.165, 1.54) is 17.8 Å². The minimum absolute atomic E-state index is 0.413. The van der Waals surface area contributed by atoms with Crippen molar-refractivity contribution >= 4 is 16.5 Å². The molecule has 2 aliphatic heterocycles. The summed E-state index contributed by atoms with van der Waals surface area (Å²) in [6.07, 6.45) is 4.66. The van der Waals surface area contributed by atoms with Crippen LogP contribution >= 0.6 is 11.3 Å². The van der Waals surface area contributed by atoms with E-state index in [0.29, 0.717) is 5.41 Å². The van der Waals surface area contributed by atoms with Crippen molar-refractivity contribution in [3.63, 3.8) is 0 Å². The van der Waals surface area contributed by atoms with Gasteiger partial charge >= 0.3 is 0 Å². The van der Waals surface area contributed by atoms with Crippen molar-refractivity contribution in [1.29, 1.82) is 0 Å². The second kappa shape index (κ2) is 4.53. The van der Waals surface area contributed by atoms with Gasteiger partial charge in [-0.2, -0.15) is 0 Å². The van der Waals surface area contributed by atoms with Crippen LogP contribution in [-0.2, 0) is 11.2 Å². The first-order valence-electron chi connectivity index (χ1n) is 6.46. The van der Waals surface area contributed by atoms with E-state index in [1.807, 2.05) is 0 Å². The Labute approximate surface area is 106 Å². The number of ether oxygens (including phenoxy) is 1. The predicted octanol–water partition coefficient (Wildman–Crippen LogP) is 2.11. The van der Waals surface area contributed by atoms with Crippen molar-refractivity contribution in [3.8, 4) is 0 Å². The van der Waals surface area contributed by atoms with Crippen LogP contribution in [0.15, 0.2) is 0 Å². The Hall–Kier alpha value is -0.680. The van der Waals surface area contributed by atoms with Crippen LogP contribution < -0.4 is 4.90 Å². The minimum Gasteiger partial charge on any atom is -0.381 e. The van der Waals surface area contributed by atoms with Crippen LogP contribution in [0, 0.1) is 5.41 Å². The molecule has 1 aromatic heterocycles. The second-order valence-electron chi connectivity index (χ2n) is 5.20. The number of rotatable bonds is 3. The Balaban J connectivity index is 1.68. The first kappa shape index (κ1) is 11.4. The van der Waals surface area contributed by atoms with Gasteiger partial charge in [0, 0.05) is 31.5 Å². The fourth-order valence-electron chi connectivity index (χ4n) is 2.76. The minimum atomic E-state index is 0.413. The number of aromatic nitrogens is 2. The van der Waals surface area contributed by atoms with E-state index >= 15 is 0 Å². The van der Waals surface area contributed by atoms with Gasteiger partial charge in [-0.05, 0) is 19.3 Å². The fraction of sp³-hybridized carbons (Fsp3) is 0.833. The van der Waals surface area contributed by atoms with Gasteiger partial charge in [0.05, 0.1) is 6.61 Å². The van der Waals surface area contributed by atoms with Crippen LogP contribution in [0.3, 0.4) is 0 Å². The molecule has 0 saturated carbocycles. The molecular formula is C12H19N3OS. The zero-order chi connectivity index (χ0) is 11.7. The van der Waals surface area contributed by atoms with Gasteiger partial charge in [-0.25, -0.2) is 0 Å². The van der Waals surface area contributed by atoms with Crippen molar-refractivity contribution in [2.24, 2.45) is 5.41 Å². The second-order valence-corrected chi connectivity index (χ2v) is 6.24. The number of hydrogen-bond acceptors (Lipinski definition) is 5. The number of hydrogen-bond donors (Lipinski definition) is 0. The molecule has 0 bridgehead atoms. The molecule has 0 N–H and O–H groups in total. The molecule has 1 aromatic rings. The van der Waals surface area contributed by atoms with E-state index in [2.05, 4.69) is 22.0 Å². The summed E-state index contributed by atoms with van der Waals surface area (Å²) in [7, 11) is 0. The number of anilines is 1. The van der Waals surface area contributed by atoms with E-state index in [1.54, 1.807) is 11.3 Å². The third-order valence-corrected chi connectivity index (χ3v) is 4.86. The summed E-state index contributed by atoms with van der Waals surface area (Å²) in [4.78, 5) is 2.39. The molecule has 94 valence electrons. The molecule has 1 spiro atoms. The van der Waals surface area contributed by atoms with Crippen LogP contribution in [0.5, 0.6) is 0 Å². The Morgan fingerprint density at radius 1 is 1.41 bits per heavy atom. The molecule has 2 aliphatic rings. The molecule has 4 nitrogen and oxygen atoms in total. The normalized spacial score (nSPS) is 28.4. The quantitative estimate of drug-likeness (QED) is 0.827. The van der Waals surface area contributed by atoms with Crippen LogP contribution in [-0.4, -0.2) is 36.5 Å². The molecule has 0 radical (unpaired) electrons. The molecule has 5 heteroatoms. The molecule has 3 heterocycles. The monoisotopic (exact) mass is 253 g/mol. The lowest BCUT2D eigenvalue weighted by Crippen LogP contribution is -2.27. The maximum atomic E-state index is 5.55. The van der Waals surface area contributed by atoms with Gasteiger partial charge in [0.25, 0.3) is 0 Å². The molecule has 1 atom stereocenters. The van der Waals surface area contributed by atoms with Gasteiger partial charge in [-0.15, -0.1) is 10.2 Å². The van der Waals surface area contributed by atoms with Crippen molar-refractivity contribution < 1.29 is 4.74 Å². The lowest BCUT2D eigenvalue weighted by molar-refractivity contribution is 0.160.